The number of anilines is 1. The summed E-state index contributed by atoms with van der Waals surface area (Å²) in [5.41, 5.74) is 2.03. The van der Waals surface area contributed by atoms with E-state index in [1.54, 1.807) is 0 Å². The number of carbonyl (C=O) groups is 1. The van der Waals surface area contributed by atoms with Crippen molar-refractivity contribution in [1.29, 1.82) is 0 Å². The van der Waals surface area contributed by atoms with Gasteiger partial charge in [-0.2, -0.15) is 0 Å². The van der Waals surface area contributed by atoms with Crippen LogP contribution < -0.4 is 5.32 Å². The predicted octanol–water partition coefficient (Wildman–Crippen LogP) is 2.98. The van der Waals surface area contributed by atoms with E-state index < -0.39 is 0 Å². The molecule has 1 fully saturated rings. The Bertz CT molecular complexity index is 787. The van der Waals surface area contributed by atoms with Crippen LogP contribution in [-0.4, -0.2) is 57.6 Å². The van der Waals surface area contributed by atoms with Crippen LogP contribution in [0, 0.1) is 0 Å². The van der Waals surface area contributed by atoms with Crippen molar-refractivity contribution < 1.29 is 9.53 Å². The molecule has 152 valence electrons. The lowest BCUT2D eigenvalue weighted by atomic mass is 10.0. The third-order valence-electron chi connectivity index (χ3n) is 4.77. The molecule has 2 aromatic rings. The Morgan fingerprint density at radius 3 is 2.71 bits per heavy atom. The third kappa shape index (κ3) is 5.33. The van der Waals surface area contributed by atoms with Gasteiger partial charge in [-0.25, -0.2) is 0 Å². The van der Waals surface area contributed by atoms with Gasteiger partial charge in [0.05, 0.1) is 25.5 Å². The van der Waals surface area contributed by atoms with E-state index in [1.165, 1.54) is 11.8 Å². The van der Waals surface area contributed by atoms with Gasteiger partial charge in [0.25, 0.3) is 0 Å². The topological polar surface area (TPSA) is 72.3 Å². The molecule has 28 heavy (non-hydrogen) atoms. The molecule has 2 heterocycles. The van der Waals surface area contributed by atoms with Gasteiger partial charge in [-0.05, 0) is 24.5 Å². The molecule has 0 spiro atoms. The molecule has 0 bridgehead atoms. The van der Waals surface area contributed by atoms with Gasteiger partial charge in [0.1, 0.15) is 5.82 Å². The number of nitrogens with zero attached hydrogens (tertiary/aromatic N) is 4. The van der Waals surface area contributed by atoms with E-state index in [-0.39, 0.29) is 5.91 Å². The first-order valence-electron chi connectivity index (χ1n) is 9.82. The van der Waals surface area contributed by atoms with Crippen LogP contribution >= 0.6 is 11.8 Å². The summed E-state index contributed by atoms with van der Waals surface area (Å²) in [5, 5.41) is 12.5. The molecule has 0 unspecified atom stereocenters. The summed E-state index contributed by atoms with van der Waals surface area (Å²) >= 11 is 1.43. The standard InChI is InChI=1S/C20H29N5O2S/c1-4-25-18(13-24-9-11-27-12-10-24)22-23-20(25)28-14-19(26)21-17-8-6-5-7-16(17)15(2)3/h5-8,15H,4,9-14H2,1-3H3,(H,21,26). The summed E-state index contributed by atoms with van der Waals surface area (Å²) in [6.07, 6.45) is 0. The van der Waals surface area contributed by atoms with Gasteiger partial charge in [0.2, 0.25) is 5.91 Å². The maximum atomic E-state index is 12.5. The van der Waals surface area contributed by atoms with Gasteiger partial charge < -0.3 is 14.6 Å². The Kier molecular flexibility index (Phi) is 7.47. The first-order valence-corrected chi connectivity index (χ1v) is 10.8. The fourth-order valence-electron chi connectivity index (χ4n) is 3.25. The average molecular weight is 404 g/mol. The van der Waals surface area contributed by atoms with E-state index in [0.717, 1.165) is 61.6 Å². The molecular weight excluding hydrogens is 374 g/mol. The monoisotopic (exact) mass is 403 g/mol. The number of morpholine rings is 1. The molecule has 0 atom stereocenters. The number of carbonyl (C=O) groups excluding carboxylic acids is 1. The molecule has 7 nitrogen and oxygen atoms in total. The van der Waals surface area contributed by atoms with Crippen LogP contribution in [0.15, 0.2) is 29.4 Å². The number of ether oxygens (including phenoxy) is 1. The Labute approximate surface area is 170 Å². The summed E-state index contributed by atoms with van der Waals surface area (Å²) in [5.74, 6) is 1.58. The molecule has 0 saturated carbocycles. The van der Waals surface area contributed by atoms with E-state index in [2.05, 4.69) is 51.8 Å². The molecule has 1 aliphatic rings. The molecular formula is C20H29N5O2S. The molecule has 0 radical (unpaired) electrons. The summed E-state index contributed by atoms with van der Waals surface area (Å²) in [4.78, 5) is 14.8. The molecule has 1 saturated heterocycles. The Balaban J connectivity index is 1.59. The van der Waals surface area contributed by atoms with Crippen LogP contribution in [0.3, 0.4) is 0 Å². The zero-order chi connectivity index (χ0) is 19.9. The first-order chi connectivity index (χ1) is 13.6. The largest absolute Gasteiger partial charge is 0.379 e. The highest BCUT2D eigenvalue weighted by Crippen LogP contribution is 2.24. The summed E-state index contributed by atoms with van der Waals surface area (Å²) in [7, 11) is 0. The van der Waals surface area contributed by atoms with Crippen LogP contribution in [0.25, 0.3) is 0 Å². The number of para-hydroxylation sites is 1. The zero-order valence-electron chi connectivity index (χ0n) is 16.9. The molecule has 3 rings (SSSR count). The maximum absolute atomic E-state index is 12.5. The lowest BCUT2D eigenvalue weighted by molar-refractivity contribution is -0.113. The molecule has 1 aliphatic heterocycles. The fourth-order valence-corrected chi connectivity index (χ4v) is 4.07. The van der Waals surface area contributed by atoms with Crippen molar-refractivity contribution in [3.05, 3.63) is 35.7 Å². The van der Waals surface area contributed by atoms with Crippen molar-refractivity contribution >= 4 is 23.4 Å². The second-order valence-electron chi connectivity index (χ2n) is 7.11. The molecule has 1 aromatic carbocycles. The number of benzene rings is 1. The number of thioether (sulfide) groups is 1. The Morgan fingerprint density at radius 2 is 2.00 bits per heavy atom. The highest BCUT2D eigenvalue weighted by molar-refractivity contribution is 7.99. The van der Waals surface area contributed by atoms with Gasteiger partial charge in [-0.15, -0.1) is 10.2 Å². The first kappa shape index (κ1) is 20.8. The van der Waals surface area contributed by atoms with Gasteiger partial charge in [0, 0.05) is 25.3 Å². The van der Waals surface area contributed by atoms with Crippen LogP contribution in [0.5, 0.6) is 0 Å². The van der Waals surface area contributed by atoms with Gasteiger partial charge >= 0.3 is 0 Å². The summed E-state index contributed by atoms with van der Waals surface area (Å²) in [6, 6.07) is 7.95. The number of rotatable bonds is 8. The Morgan fingerprint density at radius 1 is 1.25 bits per heavy atom. The van der Waals surface area contributed by atoms with Crippen molar-refractivity contribution in [2.75, 3.05) is 37.4 Å². The molecule has 0 aliphatic carbocycles. The van der Waals surface area contributed by atoms with Crippen molar-refractivity contribution in [2.24, 2.45) is 0 Å². The van der Waals surface area contributed by atoms with Crippen molar-refractivity contribution in [3.8, 4) is 0 Å². The number of hydrogen-bond donors (Lipinski definition) is 1. The molecule has 8 heteroatoms. The van der Waals surface area contributed by atoms with Gasteiger partial charge in [-0.3, -0.25) is 9.69 Å². The van der Waals surface area contributed by atoms with Crippen LogP contribution in [0.2, 0.25) is 0 Å². The zero-order valence-corrected chi connectivity index (χ0v) is 17.7. The van der Waals surface area contributed by atoms with E-state index in [0.29, 0.717) is 11.7 Å². The minimum Gasteiger partial charge on any atom is -0.379 e. The smallest absolute Gasteiger partial charge is 0.234 e. The lowest BCUT2D eigenvalue weighted by Crippen LogP contribution is -2.36. The maximum Gasteiger partial charge on any atom is 0.234 e. The fraction of sp³-hybridized carbons (Fsp3) is 0.550. The van der Waals surface area contributed by atoms with Gasteiger partial charge in [-0.1, -0.05) is 43.8 Å². The molecule has 1 N–H and O–H groups in total. The second kappa shape index (κ2) is 10.0. The minimum absolute atomic E-state index is 0.0292. The normalized spacial score (nSPS) is 15.1. The molecule has 1 aromatic heterocycles. The predicted molar refractivity (Wildman–Crippen MR) is 112 cm³/mol. The number of amides is 1. The SMILES string of the molecule is CCn1c(CN2CCOCC2)nnc1SCC(=O)Nc1ccccc1C(C)C. The third-order valence-corrected chi connectivity index (χ3v) is 5.73. The highest BCUT2D eigenvalue weighted by atomic mass is 32.2. The van der Waals surface area contributed by atoms with Crippen molar-refractivity contribution in [2.45, 2.75) is 44.9 Å². The van der Waals surface area contributed by atoms with Gasteiger partial charge in [0.15, 0.2) is 5.16 Å². The van der Waals surface area contributed by atoms with E-state index in [1.807, 2.05) is 18.2 Å². The summed E-state index contributed by atoms with van der Waals surface area (Å²) in [6.45, 7) is 11.2. The van der Waals surface area contributed by atoms with Crippen LogP contribution in [0.4, 0.5) is 5.69 Å². The van der Waals surface area contributed by atoms with Crippen LogP contribution in [0.1, 0.15) is 38.1 Å². The number of hydrogen-bond acceptors (Lipinski definition) is 6. The van der Waals surface area contributed by atoms with E-state index in [4.69, 9.17) is 4.74 Å². The van der Waals surface area contributed by atoms with Crippen LogP contribution in [-0.2, 0) is 22.6 Å². The highest BCUT2D eigenvalue weighted by Gasteiger charge is 2.18. The summed E-state index contributed by atoms with van der Waals surface area (Å²) < 4.78 is 7.50. The Hall–Kier alpha value is -1.90. The van der Waals surface area contributed by atoms with Crippen molar-refractivity contribution in [3.63, 3.8) is 0 Å². The minimum atomic E-state index is -0.0292. The second-order valence-corrected chi connectivity index (χ2v) is 8.05. The average Bonchev–Trinajstić information content (AvgIpc) is 3.09. The van der Waals surface area contributed by atoms with E-state index >= 15 is 0 Å². The quantitative estimate of drug-likeness (QED) is 0.683. The molecule has 1 amide bonds. The van der Waals surface area contributed by atoms with E-state index in [9.17, 15) is 4.79 Å². The number of aromatic nitrogens is 3. The number of nitrogens with one attached hydrogen (secondary N) is 1. The van der Waals surface area contributed by atoms with Crippen molar-refractivity contribution in [1.82, 2.24) is 19.7 Å². The lowest BCUT2D eigenvalue weighted by Gasteiger charge is -2.26.